The number of piperidine rings is 1. The molecule has 3 heteroatoms. The van der Waals surface area contributed by atoms with Crippen LogP contribution in [-0.2, 0) is 15.0 Å². The lowest BCUT2D eigenvalue weighted by Crippen LogP contribution is -2.36. The largest absolute Gasteiger partial charge is 0.278 e. The van der Waals surface area contributed by atoms with Gasteiger partial charge in [0, 0.05) is 6.54 Å². The zero-order chi connectivity index (χ0) is 12.9. The summed E-state index contributed by atoms with van der Waals surface area (Å²) in [5.41, 5.74) is 1.57. The smallest absolute Gasteiger partial charge is 0.240 e. The Morgan fingerprint density at radius 1 is 1.39 bits per heavy atom. The molecule has 2 fully saturated rings. The van der Waals surface area contributed by atoms with Gasteiger partial charge in [-0.15, -0.1) is 6.58 Å². The molecule has 0 spiro atoms. The van der Waals surface area contributed by atoms with Crippen LogP contribution in [0.4, 0.5) is 0 Å². The number of imide groups is 1. The van der Waals surface area contributed by atoms with Crippen LogP contribution in [0.2, 0.25) is 0 Å². The van der Waals surface area contributed by atoms with Crippen LogP contribution in [0.3, 0.4) is 0 Å². The van der Waals surface area contributed by atoms with Crippen LogP contribution in [0.15, 0.2) is 36.9 Å². The van der Waals surface area contributed by atoms with Crippen molar-refractivity contribution in [2.24, 2.45) is 5.92 Å². The maximum atomic E-state index is 12.4. The van der Waals surface area contributed by atoms with E-state index in [0.29, 0.717) is 13.0 Å². The molecular weight excluding hydrogens is 226 g/mol. The van der Waals surface area contributed by atoms with Crippen LogP contribution >= 0.6 is 0 Å². The fourth-order valence-corrected chi connectivity index (χ4v) is 2.92. The van der Waals surface area contributed by atoms with Crippen LogP contribution in [0.5, 0.6) is 0 Å². The van der Waals surface area contributed by atoms with Gasteiger partial charge in [0.15, 0.2) is 0 Å². The van der Waals surface area contributed by atoms with Crippen LogP contribution < -0.4 is 0 Å². The van der Waals surface area contributed by atoms with Gasteiger partial charge in [0.05, 0.1) is 11.3 Å². The molecule has 2 atom stereocenters. The molecule has 1 aromatic carbocycles. The van der Waals surface area contributed by atoms with Gasteiger partial charge in [0.25, 0.3) is 0 Å². The molecule has 0 bridgehead atoms. The number of hydrogen-bond donors (Lipinski definition) is 0. The molecule has 3 nitrogen and oxygen atoms in total. The van der Waals surface area contributed by atoms with E-state index in [1.807, 2.05) is 31.2 Å². The first kappa shape index (κ1) is 11.2. The first-order valence-corrected chi connectivity index (χ1v) is 6.15. The zero-order valence-electron chi connectivity index (χ0n) is 10.3. The molecule has 0 radical (unpaired) electrons. The lowest BCUT2D eigenvalue weighted by molar-refractivity contribution is -0.141. The summed E-state index contributed by atoms with van der Waals surface area (Å²) in [7, 11) is 0. The van der Waals surface area contributed by atoms with Crippen molar-refractivity contribution >= 4 is 11.8 Å². The number of likely N-dealkylation sites (tertiary alicyclic amines) is 1. The van der Waals surface area contributed by atoms with Crippen LogP contribution in [0.25, 0.3) is 0 Å². The normalized spacial score (nSPS) is 29.4. The second kappa shape index (κ2) is 3.55. The van der Waals surface area contributed by atoms with Gasteiger partial charge < -0.3 is 0 Å². The predicted molar refractivity (Wildman–Crippen MR) is 67.9 cm³/mol. The summed E-state index contributed by atoms with van der Waals surface area (Å²) < 4.78 is 0. The highest BCUT2D eigenvalue weighted by Crippen LogP contribution is 2.60. The summed E-state index contributed by atoms with van der Waals surface area (Å²) in [6.07, 6.45) is 2.27. The van der Waals surface area contributed by atoms with E-state index in [2.05, 4.69) is 6.58 Å². The second-order valence-corrected chi connectivity index (χ2v) is 5.14. The molecule has 2 aliphatic rings. The SMILES string of the molecule is C=CCN1C(=O)C2CC2(c2ccc(C)cc2)C1=O. The summed E-state index contributed by atoms with van der Waals surface area (Å²) in [5, 5.41) is 0. The molecule has 1 aliphatic carbocycles. The third-order valence-electron chi connectivity index (χ3n) is 4.03. The molecular formula is C15H15NO2. The summed E-state index contributed by atoms with van der Waals surface area (Å²) in [6.45, 7) is 5.93. The first-order valence-electron chi connectivity index (χ1n) is 6.15. The highest BCUT2D eigenvalue weighted by molar-refractivity contribution is 6.15. The maximum Gasteiger partial charge on any atom is 0.240 e. The summed E-state index contributed by atoms with van der Waals surface area (Å²) in [4.78, 5) is 25.8. The highest BCUT2D eigenvalue weighted by Gasteiger charge is 2.72. The van der Waals surface area contributed by atoms with Crippen molar-refractivity contribution in [3.8, 4) is 0 Å². The standard InChI is InChI=1S/C15H15NO2/c1-3-8-16-13(17)12-9-15(12,14(16)18)11-6-4-10(2)5-7-11/h3-7,12H,1,8-9H2,2H3. The van der Waals surface area contributed by atoms with Gasteiger partial charge in [0.1, 0.15) is 0 Å². The first-order chi connectivity index (χ1) is 8.61. The number of carbonyl (C=O) groups is 2. The molecule has 2 unspecified atom stereocenters. The van der Waals surface area contributed by atoms with Gasteiger partial charge in [-0.3, -0.25) is 14.5 Å². The summed E-state index contributed by atoms with van der Waals surface area (Å²) >= 11 is 0. The number of carbonyl (C=O) groups excluding carboxylic acids is 2. The van der Waals surface area contributed by atoms with E-state index in [0.717, 1.165) is 11.1 Å². The Bertz CT molecular complexity index is 546. The summed E-state index contributed by atoms with van der Waals surface area (Å²) in [5.74, 6) is -0.241. The molecule has 0 aromatic heterocycles. The quantitative estimate of drug-likeness (QED) is 0.598. The van der Waals surface area contributed by atoms with Crippen molar-refractivity contribution in [1.82, 2.24) is 4.90 Å². The van der Waals surface area contributed by atoms with Crippen LogP contribution in [0.1, 0.15) is 17.5 Å². The van der Waals surface area contributed by atoms with Gasteiger partial charge in [0.2, 0.25) is 11.8 Å². The van der Waals surface area contributed by atoms with Crippen molar-refractivity contribution in [2.75, 3.05) is 6.54 Å². The van der Waals surface area contributed by atoms with Gasteiger partial charge in [-0.1, -0.05) is 35.9 Å². The van der Waals surface area contributed by atoms with E-state index >= 15 is 0 Å². The fourth-order valence-electron chi connectivity index (χ4n) is 2.92. The van der Waals surface area contributed by atoms with Gasteiger partial charge in [-0.05, 0) is 18.9 Å². The van der Waals surface area contributed by atoms with Crippen molar-refractivity contribution in [1.29, 1.82) is 0 Å². The van der Waals surface area contributed by atoms with Crippen LogP contribution in [-0.4, -0.2) is 23.3 Å². The minimum Gasteiger partial charge on any atom is -0.278 e. The van der Waals surface area contributed by atoms with Crippen molar-refractivity contribution in [3.63, 3.8) is 0 Å². The zero-order valence-corrected chi connectivity index (χ0v) is 10.3. The molecule has 1 aliphatic heterocycles. The second-order valence-electron chi connectivity index (χ2n) is 5.14. The topological polar surface area (TPSA) is 37.4 Å². The van der Waals surface area contributed by atoms with E-state index in [4.69, 9.17) is 0 Å². The number of hydrogen-bond acceptors (Lipinski definition) is 2. The number of fused-ring (bicyclic) bond motifs is 1. The molecule has 1 heterocycles. The minimum atomic E-state index is -0.562. The van der Waals surface area contributed by atoms with Crippen molar-refractivity contribution in [3.05, 3.63) is 48.0 Å². The van der Waals surface area contributed by atoms with E-state index in [-0.39, 0.29) is 17.7 Å². The van der Waals surface area contributed by atoms with E-state index in [1.165, 1.54) is 4.90 Å². The third kappa shape index (κ3) is 1.24. The number of benzene rings is 1. The molecule has 0 N–H and O–H groups in total. The number of nitrogens with zero attached hydrogens (tertiary/aromatic N) is 1. The maximum absolute atomic E-state index is 12.4. The van der Waals surface area contributed by atoms with E-state index in [9.17, 15) is 9.59 Å². The Kier molecular flexibility index (Phi) is 2.21. The molecule has 3 rings (SSSR count). The molecule has 1 aromatic rings. The van der Waals surface area contributed by atoms with Gasteiger partial charge in [-0.25, -0.2) is 0 Å². The average Bonchev–Trinajstić information content (AvgIpc) is 3.07. The molecule has 18 heavy (non-hydrogen) atoms. The lowest BCUT2D eigenvalue weighted by atomic mass is 9.93. The molecule has 2 amide bonds. The van der Waals surface area contributed by atoms with E-state index in [1.54, 1.807) is 6.08 Å². The monoisotopic (exact) mass is 241 g/mol. The Balaban J connectivity index is 1.99. The average molecular weight is 241 g/mol. The molecule has 92 valence electrons. The Labute approximate surface area is 106 Å². The van der Waals surface area contributed by atoms with Crippen molar-refractivity contribution in [2.45, 2.75) is 18.8 Å². The molecule has 1 saturated heterocycles. The Hall–Kier alpha value is -1.90. The number of rotatable bonds is 3. The van der Waals surface area contributed by atoms with E-state index < -0.39 is 5.41 Å². The Morgan fingerprint density at radius 2 is 2.06 bits per heavy atom. The van der Waals surface area contributed by atoms with Gasteiger partial charge in [-0.2, -0.15) is 0 Å². The van der Waals surface area contributed by atoms with Gasteiger partial charge >= 0.3 is 0 Å². The number of aryl methyl sites for hydroxylation is 1. The fraction of sp³-hybridized carbons (Fsp3) is 0.333. The molecule has 1 saturated carbocycles. The Morgan fingerprint density at radius 3 is 2.67 bits per heavy atom. The number of amides is 2. The predicted octanol–water partition coefficient (Wildman–Crippen LogP) is 1.81. The van der Waals surface area contributed by atoms with Crippen LogP contribution in [0, 0.1) is 12.8 Å². The summed E-state index contributed by atoms with van der Waals surface area (Å²) in [6, 6.07) is 7.93. The highest BCUT2D eigenvalue weighted by atomic mass is 16.2. The van der Waals surface area contributed by atoms with Crippen molar-refractivity contribution < 1.29 is 9.59 Å². The lowest BCUT2D eigenvalue weighted by Gasteiger charge is -2.18. The minimum absolute atomic E-state index is 0.0412. The third-order valence-corrected chi connectivity index (χ3v) is 4.03.